The molecule has 0 saturated heterocycles. The van der Waals surface area contributed by atoms with Crippen LogP contribution >= 0.6 is 11.8 Å². The molecule has 5 nitrogen and oxygen atoms in total. The molecule has 0 aromatic heterocycles. The first-order chi connectivity index (χ1) is 12.1. The Morgan fingerprint density at radius 1 is 1.15 bits per heavy atom. The lowest BCUT2D eigenvalue weighted by atomic mass is 10.2. The lowest BCUT2D eigenvalue weighted by Crippen LogP contribution is -2.37. The third kappa shape index (κ3) is 6.48. The minimum absolute atomic E-state index is 0.102. The number of aryl methyl sites for hydroxylation is 2. The number of carbonyl (C=O) groups excluding carboxylic acids is 1. The van der Waals surface area contributed by atoms with Crippen LogP contribution in [0.5, 0.6) is 0 Å². The molecule has 2 aromatic rings. The van der Waals surface area contributed by atoms with E-state index in [0.29, 0.717) is 5.69 Å². The Balaban J connectivity index is 1.96. The summed E-state index contributed by atoms with van der Waals surface area (Å²) in [5.74, 6) is -0.490. The number of rotatable bonds is 7. The van der Waals surface area contributed by atoms with Crippen LogP contribution in [0.1, 0.15) is 17.5 Å². The molecule has 0 fully saturated rings. The van der Waals surface area contributed by atoms with E-state index in [2.05, 4.69) is 37.4 Å². The molecule has 26 heavy (non-hydrogen) atoms. The summed E-state index contributed by atoms with van der Waals surface area (Å²) >= 11 is 1.67. The lowest BCUT2D eigenvalue weighted by molar-refractivity contribution is -0.117. The second kappa shape index (κ2) is 8.70. The summed E-state index contributed by atoms with van der Waals surface area (Å²) in [6.45, 7) is 4.14. The van der Waals surface area contributed by atoms with E-state index in [0.717, 1.165) is 11.2 Å². The van der Waals surface area contributed by atoms with E-state index in [1.54, 1.807) is 11.8 Å². The van der Waals surface area contributed by atoms with Crippen molar-refractivity contribution >= 4 is 33.2 Å². The Bertz CT molecular complexity index is 878. The molecule has 1 amide bonds. The molecular weight excluding hydrogens is 368 g/mol. The normalized spacial score (nSPS) is 12.6. The third-order valence-electron chi connectivity index (χ3n) is 3.83. The van der Waals surface area contributed by atoms with Gasteiger partial charge in [-0.15, -0.1) is 0 Å². The van der Waals surface area contributed by atoms with E-state index >= 15 is 0 Å². The maximum absolute atomic E-state index is 12.1. The van der Waals surface area contributed by atoms with Gasteiger partial charge in [0.2, 0.25) is 5.91 Å². The first-order valence-corrected chi connectivity index (χ1v) is 11.1. The van der Waals surface area contributed by atoms with Gasteiger partial charge in [-0.3, -0.25) is 4.79 Å². The first kappa shape index (κ1) is 20.5. The van der Waals surface area contributed by atoms with Crippen molar-refractivity contribution in [1.82, 2.24) is 0 Å². The second-order valence-electron chi connectivity index (χ2n) is 6.41. The summed E-state index contributed by atoms with van der Waals surface area (Å²) in [6.07, 6.45) is 1.23. The van der Waals surface area contributed by atoms with E-state index in [4.69, 9.17) is 5.73 Å². The van der Waals surface area contributed by atoms with Gasteiger partial charge in [-0.1, -0.05) is 23.9 Å². The van der Waals surface area contributed by atoms with Crippen LogP contribution in [0.15, 0.2) is 52.3 Å². The molecule has 2 rings (SSSR count). The highest BCUT2D eigenvalue weighted by atomic mass is 32.2. The highest BCUT2D eigenvalue weighted by Crippen LogP contribution is 2.31. The number of sulfone groups is 1. The predicted molar refractivity (Wildman–Crippen MR) is 107 cm³/mol. The Morgan fingerprint density at radius 3 is 2.42 bits per heavy atom. The molecular formula is C19H24N2O3S2. The summed E-state index contributed by atoms with van der Waals surface area (Å²) in [5, 5.41) is 2.72. The minimum atomic E-state index is -3.13. The molecule has 1 unspecified atom stereocenters. The molecule has 3 N–H and O–H groups in total. The number of benzene rings is 2. The Hall–Kier alpha value is -1.83. The molecule has 2 aromatic carbocycles. The van der Waals surface area contributed by atoms with Crippen molar-refractivity contribution in [3.8, 4) is 0 Å². The van der Waals surface area contributed by atoms with Crippen LogP contribution in [0.3, 0.4) is 0 Å². The minimum Gasteiger partial charge on any atom is -0.325 e. The number of anilines is 1. The highest BCUT2D eigenvalue weighted by Gasteiger charge is 2.16. The van der Waals surface area contributed by atoms with Crippen molar-refractivity contribution in [2.45, 2.75) is 36.1 Å². The van der Waals surface area contributed by atoms with Crippen LogP contribution in [-0.2, 0) is 14.6 Å². The summed E-state index contributed by atoms with van der Waals surface area (Å²) in [5.41, 5.74) is 8.82. The standard InChI is InChI=1S/C19H24N2O3S2/c1-13-4-5-14(2)18(12-13)25-16-8-6-15(7-9-16)21-19(22)17(20)10-11-26(3,23)24/h4-9,12,17H,10-11,20H2,1-3H3,(H,21,22). The van der Waals surface area contributed by atoms with Crippen molar-refractivity contribution in [3.63, 3.8) is 0 Å². The summed E-state index contributed by atoms with van der Waals surface area (Å²) in [4.78, 5) is 14.3. The predicted octanol–water partition coefficient (Wildman–Crippen LogP) is 3.16. The smallest absolute Gasteiger partial charge is 0.241 e. The molecule has 0 aliphatic heterocycles. The fraction of sp³-hybridized carbons (Fsp3) is 0.316. The largest absolute Gasteiger partial charge is 0.325 e. The molecule has 0 heterocycles. The topological polar surface area (TPSA) is 89.3 Å². The first-order valence-electron chi connectivity index (χ1n) is 8.23. The number of carbonyl (C=O) groups is 1. The maximum Gasteiger partial charge on any atom is 0.241 e. The van der Waals surface area contributed by atoms with E-state index in [1.165, 1.54) is 16.0 Å². The highest BCUT2D eigenvalue weighted by molar-refractivity contribution is 7.99. The zero-order chi connectivity index (χ0) is 19.3. The van der Waals surface area contributed by atoms with Crippen LogP contribution < -0.4 is 11.1 Å². The SMILES string of the molecule is Cc1ccc(C)c(Sc2ccc(NC(=O)C(N)CCS(C)(=O)=O)cc2)c1. The van der Waals surface area contributed by atoms with Gasteiger partial charge in [0, 0.05) is 21.7 Å². The van der Waals surface area contributed by atoms with Gasteiger partial charge in [0.15, 0.2) is 0 Å². The average molecular weight is 393 g/mol. The molecule has 0 saturated carbocycles. The number of hydrogen-bond donors (Lipinski definition) is 2. The van der Waals surface area contributed by atoms with Crippen LogP contribution in [0, 0.1) is 13.8 Å². The molecule has 0 spiro atoms. The zero-order valence-corrected chi connectivity index (χ0v) is 16.8. The van der Waals surface area contributed by atoms with Crippen molar-refractivity contribution in [1.29, 1.82) is 0 Å². The van der Waals surface area contributed by atoms with Crippen molar-refractivity contribution in [3.05, 3.63) is 53.6 Å². The van der Waals surface area contributed by atoms with E-state index in [9.17, 15) is 13.2 Å². The molecule has 0 radical (unpaired) electrons. The number of nitrogens with one attached hydrogen (secondary N) is 1. The molecule has 0 aliphatic rings. The van der Waals surface area contributed by atoms with Crippen LogP contribution in [0.2, 0.25) is 0 Å². The van der Waals surface area contributed by atoms with Gasteiger partial charge in [0.1, 0.15) is 9.84 Å². The third-order valence-corrected chi connectivity index (χ3v) is 5.97. The molecule has 0 bridgehead atoms. The molecule has 0 aliphatic carbocycles. The lowest BCUT2D eigenvalue weighted by Gasteiger charge is -2.12. The quantitative estimate of drug-likeness (QED) is 0.755. The molecule has 1 atom stereocenters. The number of nitrogens with two attached hydrogens (primary N) is 1. The van der Waals surface area contributed by atoms with E-state index in [-0.39, 0.29) is 18.1 Å². The van der Waals surface area contributed by atoms with Crippen molar-refractivity contribution in [2.24, 2.45) is 5.73 Å². The van der Waals surface area contributed by atoms with Crippen LogP contribution in [0.4, 0.5) is 5.69 Å². The summed E-state index contributed by atoms with van der Waals surface area (Å²) < 4.78 is 22.3. The van der Waals surface area contributed by atoms with Crippen molar-refractivity contribution in [2.75, 3.05) is 17.3 Å². The van der Waals surface area contributed by atoms with Gasteiger partial charge in [0.25, 0.3) is 0 Å². The summed E-state index contributed by atoms with van der Waals surface area (Å²) in [7, 11) is -3.13. The van der Waals surface area contributed by atoms with Crippen LogP contribution in [-0.4, -0.2) is 32.4 Å². The van der Waals surface area contributed by atoms with Crippen LogP contribution in [0.25, 0.3) is 0 Å². The Morgan fingerprint density at radius 2 is 1.81 bits per heavy atom. The molecule has 7 heteroatoms. The zero-order valence-electron chi connectivity index (χ0n) is 15.2. The van der Waals surface area contributed by atoms with Gasteiger partial charge in [-0.05, 0) is 61.7 Å². The molecule has 140 valence electrons. The van der Waals surface area contributed by atoms with E-state index < -0.39 is 15.9 Å². The van der Waals surface area contributed by atoms with E-state index in [1.807, 2.05) is 24.3 Å². The van der Waals surface area contributed by atoms with Gasteiger partial charge >= 0.3 is 0 Å². The van der Waals surface area contributed by atoms with Gasteiger partial charge in [-0.25, -0.2) is 8.42 Å². The van der Waals surface area contributed by atoms with Gasteiger partial charge < -0.3 is 11.1 Å². The number of amides is 1. The second-order valence-corrected chi connectivity index (χ2v) is 9.78. The van der Waals surface area contributed by atoms with Gasteiger partial charge in [-0.2, -0.15) is 0 Å². The summed E-state index contributed by atoms with van der Waals surface area (Å²) in [6, 6.07) is 13.0. The maximum atomic E-state index is 12.1. The number of hydrogen-bond acceptors (Lipinski definition) is 5. The fourth-order valence-corrected chi connectivity index (χ4v) is 3.94. The Kier molecular flexibility index (Phi) is 6.86. The Labute approximate surface area is 159 Å². The van der Waals surface area contributed by atoms with Crippen molar-refractivity contribution < 1.29 is 13.2 Å². The average Bonchev–Trinajstić information content (AvgIpc) is 2.57. The fourth-order valence-electron chi connectivity index (χ4n) is 2.26. The monoisotopic (exact) mass is 392 g/mol. The van der Waals surface area contributed by atoms with Gasteiger partial charge in [0.05, 0.1) is 11.8 Å².